The highest BCUT2D eigenvalue weighted by molar-refractivity contribution is 9.10. The number of ether oxygens (including phenoxy) is 1. The van der Waals surface area contributed by atoms with Crippen molar-refractivity contribution in [3.8, 4) is 5.75 Å². The van der Waals surface area contributed by atoms with Gasteiger partial charge in [0.1, 0.15) is 12.4 Å². The second-order valence-corrected chi connectivity index (χ2v) is 9.84. The van der Waals surface area contributed by atoms with E-state index in [1.165, 1.54) is 5.56 Å². The summed E-state index contributed by atoms with van der Waals surface area (Å²) in [4.78, 5) is 25.7. The van der Waals surface area contributed by atoms with Crippen molar-refractivity contribution < 1.29 is 14.3 Å². The number of nitrogens with zero attached hydrogens (tertiary/aromatic N) is 1. The van der Waals surface area contributed by atoms with Crippen LogP contribution in [-0.2, 0) is 11.4 Å². The minimum Gasteiger partial charge on any atom is -0.489 e. The molecule has 0 saturated carbocycles. The van der Waals surface area contributed by atoms with Gasteiger partial charge < -0.3 is 4.74 Å². The van der Waals surface area contributed by atoms with E-state index in [4.69, 9.17) is 17.0 Å². The highest BCUT2D eigenvalue weighted by Crippen LogP contribution is 2.32. The molecule has 1 fully saturated rings. The molecule has 3 aromatic rings. The first-order valence-corrected chi connectivity index (χ1v) is 12.0. The summed E-state index contributed by atoms with van der Waals surface area (Å²) < 4.78 is 7.01. The van der Waals surface area contributed by atoms with Gasteiger partial charge in [0.15, 0.2) is 4.32 Å². The lowest BCUT2D eigenvalue weighted by molar-refractivity contribution is -0.123. The number of amides is 2. The van der Waals surface area contributed by atoms with Crippen LogP contribution in [0.4, 0.5) is 0 Å². The Morgan fingerprint density at radius 3 is 2.48 bits per heavy atom. The van der Waals surface area contributed by atoms with E-state index in [0.717, 1.165) is 38.1 Å². The highest BCUT2D eigenvalue weighted by Gasteiger charge is 2.33. The van der Waals surface area contributed by atoms with Gasteiger partial charge >= 0.3 is 0 Å². The molecule has 3 aromatic carbocycles. The molecular weight excluding hydrogens is 520 g/mol. The maximum absolute atomic E-state index is 12.8. The van der Waals surface area contributed by atoms with Gasteiger partial charge in [-0.2, -0.15) is 5.01 Å². The third-order valence-corrected chi connectivity index (χ3v) is 6.78. The van der Waals surface area contributed by atoms with Crippen LogP contribution in [0, 0.1) is 6.92 Å². The first kappa shape index (κ1) is 23.2. The van der Waals surface area contributed by atoms with Crippen LogP contribution in [0.25, 0.3) is 6.08 Å². The monoisotopic (exact) mass is 538 g/mol. The maximum Gasteiger partial charge on any atom is 0.285 e. The predicted octanol–water partition coefficient (Wildman–Crippen LogP) is 5.88. The first-order valence-electron chi connectivity index (χ1n) is 10.0. The highest BCUT2D eigenvalue weighted by atomic mass is 79.9. The van der Waals surface area contributed by atoms with Gasteiger partial charge in [0.2, 0.25) is 0 Å². The van der Waals surface area contributed by atoms with E-state index < -0.39 is 5.91 Å². The van der Waals surface area contributed by atoms with Gasteiger partial charge in [-0.1, -0.05) is 64.1 Å². The van der Waals surface area contributed by atoms with Crippen molar-refractivity contribution in [1.29, 1.82) is 0 Å². The van der Waals surface area contributed by atoms with E-state index in [9.17, 15) is 9.59 Å². The molecule has 0 spiro atoms. The summed E-state index contributed by atoms with van der Waals surface area (Å²) in [6, 6.07) is 22.4. The molecule has 0 aromatic heterocycles. The summed E-state index contributed by atoms with van der Waals surface area (Å²) in [5.74, 6) is -0.0322. The summed E-state index contributed by atoms with van der Waals surface area (Å²) in [6.07, 6.45) is 1.75. The largest absolute Gasteiger partial charge is 0.489 e. The molecule has 33 heavy (non-hydrogen) atoms. The number of benzene rings is 3. The summed E-state index contributed by atoms with van der Waals surface area (Å²) in [5.41, 5.74) is 6.16. The van der Waals surface area contributed by atoms with E-state index in [0.29, 0.717) is 17.1 Å². The number of carbonyl (C=O) groups excluding carboxylic acids is 2. The first-order chi connectivity index (χ1) is 15.9. The molecule has 0 unspecified atom stereocenters. The van der Waals surface area contributed by atoms with E-state index in [1.54, 1.807) is 30.3 Å². The zero-order chi connectivity index (χ0) is 23.4. The standard InChI is InChI=1S/C25H19BrN2O3S2/c1-16-4-2-3-5-19(16)15-31-21-12-6-17(7-13-21)14-22-24(30)28(25(32)33-22)27-23(29)18-8-10-20(26)11-9-18/h2-14H,15H2,1H3,(H,27,29)/b22-14-. The molecule has 0 aliphatic carbocycles. The minimum absolute atomic E-state index is 0.273. The van der Waals surface area contributed by atoms with Gasteiger partial charge in [-0.3, -0.25) is 15.0 Å². The quantitative estimate of drug-likeness (QED) is 0.313. The van der Waals surface area contributed by atoms with Crippen LogP contribution in [-0.4, -0.2) is 21.1 Å². The van der Waals surface area contributed by atoms with E-state index in [-0.39, 0.29) is 10.2 Å². The zero-order valence-electron chi connectivity index (χ0n) is 17.6. The molecule has 2 amide bonds. The SMILES string of the molecule is Cc1ccccc1COc1ccc(/C=C2\SC(=S)N(NC(=O)c3ccc(Br)cc3)C2=O)cc1. The molecule has 0 radical (unpaired) electrons. The molecule has 5 nitrogen and oxygen atoms in total. The molecule has 1 saturated heterocycles. The normalized spacial score (nSPS) is 14.6. The van der Waals surface area contributed by atoms with E-state index in [2.05, 4.69) is 34.3 Å². The number of halogens is 1. The summed E-state index contributed by atoms with van der Waals surface area (Å²) in [6.45, 7) is 2.54. The molecule has 1 heterocycles. The number of hydrazine groups is 1. The van der Waals surface area contributed by atoms with Crippen LogP contribution in [0.2, 0.25) is 0 Å². The number of hydrogen-bond donors (Lipinski definition) is 1. The number of thioether (sulfide) groups is 1. The van der Waals surface area contributed by atoms with Gasteiger partial charge in [-0.15, -0.1) is 0 Å². The molecule has 4 rings (SSSR count). The Kier molecular flexibility index (Phi) is 7.27. The van der Waals surface area contributed by atoms with Gasteiger partial charge in [-0.25, -0.2) is 0 Å². The lowest BCUT2D eigenvalue weighted by Gasteiger charge is -2.15. The molecule has 1 N–H and O–H groups in total. The van der Waals surface area contributed by atoms with Gasteiger partial charge in [0.25, 0.3) is 11.8 Å². The summed E-state index contributed by atoms with van der Waals surface area (Å²) in [5, 5.41) is 1.11. The minimum atomic E-state index is -0.407. The van der Waals surface area contributed by atoms with Crippen LogP contribution in [0.3, 0.4) is 0 Å². The van der Waals surface area contributed by atoms with Crippen LogP contribution < -0.4 is 10.2 Å². The van der Waals surface area contributed by atoms with E-state index in [1.807, 2.05) is 42.5 Å². The molecule has 166 valence electrons. The topological polar surface area (TPSA) is 58.6 Å². The van der Waals surface area contributed by atoms with E-state index >= 15 is 0 Å². The fourth-order valence-electron chi connectivity index (χ4n) is 3.08. The van der Waals surface area contributed by atoms with Crippen LogP contribution in [0.15, 0.2) is 82.2 Å². The Bertz CT molecular complexity index is 1240. The lowest BCUT2D eigenvalue weighted by Crippen LogP contribution is -2.44. The second kappa shape index (κ2) is 10.3. The van der Waals surface area contributed by atoms with Gasteiger partial charge in [0, 0.05) is 10.0 Å². The number of carbonyl (C=O) groups is 2. The van der Waals surface area contributed by atoms with Crippen molar-refractivity contribution in [2.45, 2.75) is 13.5 Å². The molecule has 1 aliphatic rings. The average Bonchev–Trinajstić information content (AvgIpc) is 3.07. The average molecular weight is 539 g/mol. The third kappa shape index (κ3) is 5.71. The Morgan fingerprint density at radius 1 is 1.09 bits per heavy atom. The number of thiocarbonyl (C=S) groups is 1. The van der Waals surface area contributed by atoms with Crippen LogP contribution in [0.5, 0.6) is 5.75 Å². The van der Waals surface area contributed by atoms with Gasteiger partial charge in [-0.05, 0) is 78.3 Å². The Morgan fingerprint density at radius 2 is 1.79 bits per heavy atom. The zero-order valence-corrected chi connectivity index (χ0v) is 20.8. The lowest BCUT2D eigenvalue weighted by atomic mass is 10.1. The Labute approximate surface area is 209 Å². The fourth-order valence-corrected chi connectivity index (χ4v) is 4.52. The maximum atomic E-state index is 12.8. The molecule has 0 atom stereocenters. The number of rotatable bonds is 6. The Hall–Kier alpha value is -2.94. The number of aryl methyl sites for hydroxylation is 1. The van der Waals surface area contributed by atoms with Crippen molar-refractivity contribution in [1.82, 2.24) is 10.4 Å². The number of hydrogen-bond acceptors (Lipinski definition) is 5. The van der Waals surface area contributed by atoms with Crippen molar-refractivity contribution >= 4 is 62.1 Å². The molecule has 0 bridgehead atoms. The third-order valence-electron chi connectivity index (χ3n) is 4.95. The second-order valence-electron chi connectivity index (χ2n) is 7.25. The molecule has 8 heteroatoms. The van der Waals surface area contributed by atoms with Crippen LogP contribution in [0.1, 0.15) is 27.0 Å². The van der Waals surface area contributed by atoms with Crippen molar-refractivity contribution in [2.24, 2.45) is 0 Å². The summed E-state index contributed by atoms with van der Waals surface area (Å²) in [7, 11) is 0. The molecular formula is C25H19BrN2O3S2. The molecule has 1 aliphatic heterocycles. The number of nitrogens with one attached hydrogen (secondary N) is 1. The van der Waals surface area contributed by atoms with Crippen molar-refractivity contribution in [2.75, 3.05) is 0 Å². The Balaban J connectivity index is 1.40. The van der Waals surface area contributed by atoms with Crippen molar-refractivity contribution in [3.63, 3.8) is 0 Å². The summed E-state index contributed by atoms with van der Waals surface area (Å²) >= 11 is 9.77. The smallest absolute Gasteiger partial charge is 0.285 e. The van der Waals surface area contributed by atoms with Crippen molar-refractivity contribution in [3.05, 3.63) is 104 Å². The fraction of sp³-hybridized carbons (Fsp3) is 0.0800. The van der Waals surface area contributed by atoms with Crippen LogP contribution >= 0.6 is 39.9 Å². The van der Waals surface area contributed by atoms with Gasteiger partial charge in [0.05, 0.1) is 4.91 Å². The predicted molar refractivity (Wildman–Crippen MR) is 139 cm³/mol.